The molecule has 2 amide bonds. The van der Waals surface area contributed by atoms with Crippen molar-refractivity contribution in [3.63, 3.8) is 0 Å². The minimum Gasteiger partial charge on any atom is -0.453 e. The molecule has 126 valence electrons. The molecule has 0 saturated carbocycles. The zero-order valence-electron chi connectivity index (χ0n) is 12.0. The number of carbonyl (C=O) groups excluding carboxylic acids is 3. The van der Waals surface area contributed by atoms with Crippen LogP contribution in [0.25, 0.3) is 0 Å². The van der Waals surface area contributed by atoms with Gasteiger partial charge >= 0.3 is 17.6 Å². The third-order valence-electron chi connectivity index (χ3n) is 2.39. The summed E-state index contributed by atoms with van der Waals surface area (Å²) < 4.78 is 45.6. The number of thioether (sulfide) groups is 1. The first-order valence-electron chi connectivity index (χ1n) is 6.08. The van der Waals surface area contributed by atoms with Crippen LogP contribution in [0.4, 0.5) is 18.0 Å². The smallest absolute Gasteiger partial charge is 0.446 e. The Kier molecular flexibility index (Phi) is 6.43. The third kappa shape index (κ3) is 6.59. The highest BCUT2D eigenvalue weighted by Gasteiger charge is 2.29. The molecule has 0 heterocycles. The van der Waals surface area contributed by atoms with E-state index in [1.165, 1.54) is 6.92 Å². The highest BCUT2D eigenvalue weighted by molar-refractivity contribution is 8.00. The Morgan fingerprint density at radius 2 is 1.74 bits per heavy atom. The molecule has 1 atom stereocenters. The van der Waals surface area contributed by atoms with Crippen LogP contribution in [-0.2, 0) is 14.3 Å². The molecule has 1 aromatic carbocycles. The van der Waals surface area contributed by atoms with Gasteiger partial charge in [-0.3, -0.25) is 10.1 Å². The zero-order chi connectivity index (χ0) is 17.6. The van der Waals surface area contributed by atoms with Gasteiger partial charge in [0.25, 0.3) is 5.91 Å². The minimum absolute atomic E-state index is 0.0331. The van der Waals surface area contributed by atoms with Gasteiger partial charge in [-0.2, -0.15) is 13.2 Å². The van der Waals surface area contributed by atoms with Crippen LogP contribution in [0.2, 0.25) is 0 Å². The highest BCUT2D eigenvalue weighted by atomic mass is 32.2. The van der Waals surface area contributed by atoms with Gasteiger partial charge in [0.05, 0.1) is 12.7 Å². The minimum atomic E-state index is -4.43. The summed E-state index contributed by atoms with van der Waals surface area (Å²) in [6.45, 7) is 1.23. The van der Waals surface area contributed by atoms with Gasteiger partial charge < -0.3 is 9.47 Å². The number of halogens is 3. The first-order valence-corrected chi connectivity index (χ1v) is 6.89. The second-order valence-corrected chi connectivity index (χ2v) is 5.24. The number of carbonyl (C=O) groups is 3. The van der Waals surface area contributed by atoms with E-state index in [1.54, 1.807) is 0 Å². The molecule has 1 N–H and O–H groups in total. The summed E-state index contributed by atoms with van der Waals surface area (Å²) in [5.41, 5.74) is -4.46. The molecule has 0 spiro atoms. The fraction of sp³-hybridized carbons (Fsp3) is 0.308. The zero-order valence-corrected chi connectivity index (χ0v) is 12.8. The maximum absolute atomic E-state index is 12.2. The van der Waals surface area contributed by atoms with Crippen molar-refractivity contribution >= 4 is 29.7 Å². The average molecular weight is 351 g/mol. The lowest BCUT2D eigenvalue weighted by Gasteiger charge is -2.12. The normalized spacial score (nSPS) is 12.2. The second-order valence-electron chi connectivity index (χ2n) is 4.10. The molecule has 1 rings (SSSR count). The summed E-state index contributed by atoms with van der Waals surface area (Å²) in [6, 6.07) is 4.49. The van der Waals surface area contributed by atoms with Crippen LogP contribution >= 0.6 is 11.8 Å². The van der Waals surface area contributed by atoms with E-state index >= 15 is 0 Å². The summed E-state index contributed by atoms with van der Waals surface area (Å²) in [5.74, 6) is -1.81. The maximum Gasteiger partial charge on any atom is 0.446 e. The molecular weight excluding hydrogens is 339 g/mol. The Morgan fingerprint density at radius 1 is 1.17 bits per heavy atom. The van der Waals surface area contributed by atoms with Crippen LogP contribution in [0, 0.1) is 0 Å². The van der Waals surface area contributed by atoms with E-state index < -0.39 is 29.6 Å². The summed E-state index contributed by atoms with van der Waals surface area (Å²) in [5, 5.41) is 1.82. The fourth-order valence-electron chi connectivity index (χ4n) is 1.33. The van der Waals surface area contributed by atoms with Crippen LogP contribution in [0.15, 0.2) is 29.2 Å². The predicted molar refractivity (Wildman–Crippen MR) is 73.8 cm³/mol. The van der Waals surface area contributed by atoms with Gasteiger partial charge in [-0.25, -0.2) is 9.59 Å². The van der Waals surface area contributed by atoms with Crippen molar-refractivity contribution in [2.24, 2.45) is 0 Å². The number of methoxy groups -OCH3 is 1. The number of hydrogen-bond donors (Lipinski definition) is 1. The number of rotatable bonds is 4. The van der Waals surface area contributed by atoms with Crippen LogP contribution in [-0.4, -0.2) is 36.7 Å². The van der Waals surface area contributed by atoms with E-state index in [2.05, 4.69) is 4.74 Å². The van der Waals surface area contributed by atoms with Gasteiger partial charge in [0.2, 0.25) is 0 Å². The van der Waals surface area contributed by atoms with Crippen molar-refractivity contribution in [3.05, 3.63) is 29.8 Å². The lowest BCUT2D eigenvalue weighted by atomic mass is 10.2. The SMILES string of the molecule is COC(=O)NC(=O)[C@H](C)OC(=O)c1ccc(SC(F)(F)F)cc1. The number of nitrogens with one attached hydrogen (secondary N) is 1. The Balaban J connectivity index is 2.64. The van der Waals surface area contributed by atoms with Crippen molar-refractivity contribution in [1.29, 1.82) is 0 Å². The van der Waals surface area contributed by atoms with Crippen molar-refractivity contribution in [1.82, 2.24) is 5.32 Å². The van der Waals surface area contributed by atoms with Crippen molar-refractivity contribution in [2.45, 2.75) is 23.4 Å². The summed E-state index contributed by atoms with van der Waals surface area (Å²) in [7, 11) is 1.06. The molecule has 0 aliphatic carbocycles. The van der Waals surface area contributed by atoms with E-state index in [0.717, 1.165) is 31.4 Å². The van der Waals surface area contributed by atoms with Gasteiger partial charge in [-0.15, -0.1) is 0 Å². The number of alkyl carbamates (subject to hydrolysis) is 1. The van der Waals surface area contributed by atoms with Crippen LogP contribution in [0.5, 0.6) is 0 Å². The molecule has 23 heavy (non-hydrogen) atoms. The largest absolute Gasteiger partial charge is 0.453 e. The maximum atomic E-state index is 12.2. The first-order chi connectivity index (χ1) is 10.6. The summed E-state index contributed by atoms with van der Waals surface area (Å²) in [4.78, 5) is 34.0. The standard InChI is InChI=1S/C13H12F3NO5S/c1-7(10(18)17-12(20)21-2)22-11(19)8-3-5-9(6-4-8)23-13(14,15)16/h3-7H,1-2H3,(H,17,18,20)/t7-/m0/s1. The van der Waals surface area contributed by atoms with Crippen LogP contribution < -0.4 is 5.32 Å². The molecule has 0 bridgehead atoms. The monoisotopic (exact) mass is 351 g/mol. The fourth-order valence-corrected chi connectivity index (χ4v) is 1.87. The molecule has 10 heteroatoms. The van der Waals surface area contributed by atoms with Crippen molar-refractivity contribution in [3.8, 4) is 0 Å². The number of imide groups is 1. The number of hydrogen-bond acceptors (Lipinski definition) is 6. The Bertz CT molecular complexity index is 588. The highest BCUT2D eigenvalue weighted by Crippen LogP contribution is 2.36. The third-order valence-corrected chi connectivity index (χ3v) is 3.13. The molecule has 0 saturated heterocycles. The van der Waals surface area contributed by atoms with Gasteiger partial charge in [0.1, 0.15) is 0 Å². The Hall–Kier alpha value is -2.23. The average Bonchev–Trinajstić information content (AvgIpc) is 2.45. The molecule has 0 aliphatic heterocycles. The molecular formula is C13H12F3NO5S. The molecule has 0 aromatic heterocycles. The van der Waals surface area contributed by atoms with E-state index in [0.29, 0.717) is 0 Å². The van der Waals surface area contributed by atoms with Gasteiger partial charge in [0.15, 0.2) is 6.10 Å². The van der Waals surface area contributed by atoms with E-state index in [-0.39, 0.29) is 22.2 Å². The second kappa shape index (κ2) is 7.86. The number of amides is 2. The predicted octanol–water partition coefficient (Wildman–Crippen LogP) is 2.73. The topological polar surface area (TPSA) is 81.7 Å². The summed E-state index contributed by atoms with van der Waals surface area (Å²) >= 11 is -0.318. The molecule has 0 unspecified atom stereocenters. The van der Waals surface area contributed by atoms with E-state index in [4.69, 9.17) is 4.74 Å². The number of esters is 1. The van der Waals surface area contributed by atoms with Crippen molar-refractivity contribution in [2.75, 3.05) is 7.11 Å². The van der Waals surface area contributed by atoms with Crippen molar-refractivity contribution < 1.29 is 37.0 Å². The lowest BCUT2D eigenvalue weighted by Crippen LogP contribution is -2.39. The quantitative estimate of drug-likeness (QED) is 0.664. The molecule has 6 nitrogen and oxygen atoms in total. The Morgan fingerprint density at radius 3 is 2.22 bits per heavy atom. The van der Waals surface area contributed by atoms with Gasteiger partial charge in [-0.1, -0.05) is 0 Å². The van der Waals surface area contributed by atoms with E-state index in [1.807, 2.05) is 5.32 Å². The van der Waals surface area contributed by atoms with Gasteiger partial charge in [-0.05, 0) is 43.0 Å². The van der Waals surface area contributed by atoms with Gasteiger partial charge in [0, 0.05) is 4.90 Å². The number of ether oxygens (including phenoxy) is 2. The van der Waals surface area contributed by atoms with Crippen LogP contribution in [0.1, 0.15) is 17.3 Å². The Labute approximate surface area is 133 Å². The number of benzene rings is 1. The van der Waals surface area contributed by atoms with E-state index in [9.17, 15) is 27.6 Å². The molecule has 0 fully saturated rings. The molecule has 0 radical (unpaired) electrons. The molecule has 0 aliphatic rings. The molecule has 1 aromatic rings. The first kappa shape index (κ1) is 18.8. The van der Waals surface area contributed by atoms with Crippen LogP contribution in [0.3, 0.4) is 0 Å². The lowest BCUT2D eigenvalue weighted by molar-refractivity contribution is -0.128. The summed E-state index contributed by atoms with van der Waals surface area (Å²) in [6.07, 6.45) is -2.29. The number of alkyl halides is 3.